The molecule has 0 radical (unpaired) electrons. The third-order valence-corrected chi connectivity index (χ3v) is 11.1. The SMILES string of the molecule is CC/C=C\C/C=C\C/C=C\C/C=C\C/C=C\CCCC(=O)OCC(COCCCCCCCCCC/C=C\C/C=C\CCCCC)OC(=O)CCCCCCC/C=C\CCCCCC. The third kappa shape index (κ3) is 51.5. The Morgan fingerprint density at radius 3 is 1.22 bits per heavy atom. The summed E-state index contributed by atoms with van der Waals surface area (Å²) < 4.78 is 17.4. The van der Waals surface area contributed by atoms with Gasteiger partial charge in [-0.2, -0.15) is 0 Å². The highest BCUT2D eigenvalue weighted by atomic mass is 16.6. The van der Waals surface area contributed by atoms with Gasteiger partial charge in [0, 0.05) is 19.4 Å². The van der Waals surface area contributed by atoms with Crippen LogP contribution in [0.25, 0.3) is 0 Å². The number of esters is 2. The van der Waals surface area contributed by atoms with Gasteiger partial charge < -0.3 is 14.2 Å². The first-order valence-corrected chi connectivity index (χ1v) is 26.8. The van der Waals surface area contributed by atoms with E-state index in [9.17, 15) is 9.59 Å². The second-order valence-corrected chi connectivity index (χ2v) is 17.4. The Morgan fingerprint density at radius 1 is 0.359 bits per heavy atom. The van der Waals surface area contributed by atoms with Crippen molar-refractivity contribution in [3.63, 3.8) is 0 Å². The predicted molar refractivity (Wildman–Crippen MR) is 279 cm³/mol. The number of unbranched alkanes of at least 4 members (excludes halogenated alkanes) is 21. The third-order valence-electron chi connectivity index (χ3n) is 11.1. The summed E-state index contributed by atoms with van der Waals surface area (Å²) in [6, 6.07) is 0. The minimum Gasteiger partial charge on any atom is -0.462 e. The van der Waals surface area contributed by atoms with Gasteiger partial charge in [-0.25, -0.2) is 0 Å². The van der Waals surface area contributed by atoms with Gasteiger partial charge in [0.25, 0.3) is 0 Å². The summed E-state index contributed by atoms with van der Waals surface area (Å²) >= 11 is 0. The van der Waals surface area contributed by atoms with Crippen LogP contribution in [0.3, 0.4) is 0 Å². The van der Waals surface area contributed by atoms with E-state index in [1.165, 1.54) is 116 Å². The van der Waals surface area contributed by atoms with Crippen LogP contribution in [0.5, 0.6) is 0 Å². The molecule has 0 bridgehead atoms. The molecule has 0 aromatic carbocycles. The van der Waals surface area contributed by atoms with E-state index in [4.69, 9.17) is 14.2 Å². The molecule has 0 aliphatic rings. The average molecular weight is 889 g/mol. The fourth-order valence-electron chi connectivity index (χ4n) is 7.10. The maximum atomic E-state index is 12.8. The highest BCUT2D eigenvalue weighted by Gasteiger charge is 2.17. The van der Waals surface area contributed by atoms with Gasteiger partial charge in [0.15, 0.2) is 6.10 Å². The number of carbonyl (C=O) groups excluding carboxylic acids is 2. The van der Waals surface area contributed by atoms with Crippen molar-refractivity contribution in [1.29, 1.82) is 0 Å². The second-order valence-electron chi connectivity index (χ2n) is 17.4. The molecule has 0 aromatic heterocycles. The van der Waals surface area contributed by atoms with Crippen molar-refractivity contribution < 1.29 is 23.8 Å². The Bertz CT molecular complexity index is 1230. The van der Waals surface area contributed by atoms with E-state index in [-0.39, 0.29) is 25.2 Å². The van der Waals surface area contributed by atoms with Crippen LogP contribution in [0.2, 0.25) is 0 Å². The van der Waals surface area contributed by atoms with Crippen LogP contribution >= 0.6 is 0 Å². The molecule has 0 saturated heterocycles. The molecule has 0 fully saturated rings. The number of carbonyl (C=O) groups is 2. The van der Waals surface area contributed by atoms with E-state index < -0.39 is 6.10 Å². The molecule has 5 nitrogen and oxygen atoms in total. The molecule has 0 rings (SSSR count). The lowest BCUT2D eigenvalue weighted by molar-refractivity contribution is -0.163. The largest absolute Gasteiger partial charge is 0.462 e. The van der Waals surface area contributed by atoms with Crippen LogP contribution in [0, 0.1) is 0 Å². The summed E-state index contributed by atoms with van der Waals surface area (Å²) in [6.45, 7) is 7.60. The van der Waals surface area contributed by atoms with Crippen LogP contribution in [0.4, 0.5) is 0 Å². The maximum absolute atomic E-state index is 12.8. The van der Waals surface area contributed by atoms with Crippen LogP contribution in [0.15, 0.2) is 97.2 Å². The summed E-state index contributed by atoms with van der Waals surface area (Å²) in [5.41, 5.74) is 0. The molecule has 1 atom stereocenters. The highest BCUT2D eigenvalue weighted by Crippen LogP contribution is 2.13. The van der Waals surface area contributed by atoms with Crippen LogP contribution in [0.1, 0.15) is 239 Å². The molecule has 64 heavy (non-hydrogen) atoms. The molecule has 0 amide bonds. The zero-order valence-corrected chi connectivity index (χ0v) is 42.0. The second kappa shape index (κ2) is 54.2. The lowest BCUT2D eigenvalue weighted by Crippen LogP contribution is -2.30. The minimum absolute atomic E-state index is 0.0460. The van der Waals surface area contributed by atoms with Gasteiger partial charge in [-0.05, 0) is 116 Å². The van der Waals surface area contributed by atoms with E-state index in [1.807, 2.05) is 0 Å². The zero-order valence-electron chi connectivity index (χ0n) is 42.0. The predicted octanol–water partition coefficient (Wildman–Crippen LogP) is 18.2. The van der Waals surface area contributed by atoms with Gasteiger partial charge in [0.05, 0.1) is 6.61 Å². The summed E-state index contributed by atoms with van der Waals surface area (Å²) in [7, 11) is 0. The first-order valence-electron chi connectivity index (χ1n) is 26.8. The number of rotatable bonds is 48. The molecule has 366 valence electrons. The van der Waals surface area contributed by atoms with Crippen molar-refractivity contribution in [3.8, 4) is 0 Å². The molecule has 0 N–H and O–H groups in total. The Labute approximate surface area is 396 Å². The standard InChI is InChI=1S/C59H100O5/c1-4-7-10-13-16-19-22-25-27-29-31-33-36-39-42-45-48-51-54-62-55-57(64-59(61)53-50-47-44-41-38-34-24-21-18-15-12-9-6-3)56-63-58(60)52-49-46-43-40-37-35-32-30-28-26-23-20-17-14-11-8-5-2/h8,11,16-17,19-21,24-28,32,35,40,43,57H,4-7,9-10,12-15,18,22-23,29-31,33-34,36-39,41-42,44-56H2,1-3H3/b11-8-,19-16-,20-17-,24-21-,27-25-,28-26-,35-32-,43-40-. The summed E-state index contributed by atoms with van der Waals surface area (Å²) in [5.74, 6) is -0.479. The van der Waals surface area contributed by atoms with Crippen LogP contribution in [-0.4, -0.2) is 37.9 Å². The summed E-state index contributed by atoms with van der Waals surface area (Å²) in [5, 5.41) is 0. The number of hydrogen-bond donors (Lipinski definition) is 0. The Hall–Kier alpha value is -3.18. The Balaban J connectivity index is 4.38. The molecule has 0 heterocycles. The van der Waals surface area contributed by atoms with Gasteiger partial charge in [0.1, 0.15) is 6.61 Å². The normalized spacial score (nSPS) is 13.0. The molecular formula is C59H100O5. The lowest BCUT2D eigenvalue weighted by Gasteiger charge is -2.18. The van der Waals surface area contributed by atoms with Gasteiger partial charge in [0.2, 0.25) is 0 Å². The topological polar surface area (TPSA) is 61.8 Å². The van der Waals surface area contributed by atoms with Gasteiger partial charge in [-0.15, -0.1) is 0 Å². The number of hydrogen-bond acceptors (Lipinski definition) is 5. The quantitative estimate of drug-likeness (QED) is 0.0346. The van der Waals surface area contributed by atoms with Crippen molar-refractivity contribution in [2.45, 2.75) is 245 Å². The van der Waals surface area contributed by atoms with Crippen molar-refractivity contribution in [2.24, 2.45) is 0 Å². The molecule has 0 spiro atoms. The first-order chi connectivity index (χ1) is 31.6. The first kappa shape index (κ1) is 60.8. The fourth-order valence-corrected chi connectivity index (χ4v) is 7.10. The monoisotopic (exact) mass is 889 g/mol. The van der Waals surface area contributed by atoms with E-state index in [0.29, 0.717) is 19.4 Å². The molecule has 1 unspecified atom stereocenters. The van der Waals surface area contributed by atoms with E-state index >= 15 is 0 Å². The van der Waals surface area contributed by atoms with E-state index in [0.717, 1.165) is 89.9 Å². The molecule has 5 heteroatoms. The van der Waals surface area contributed by atoms with Gasteiger partial charge in [-0.1, -0.05) is 208 Å². The molecule has 0 aliphatic heterocycles. The lowest BCUT2D eigenvalue weighted by atomic mass is 10.1. The van der Waals surface area contributed by atoms with Gasteiger partial charge in [-0.3, -0.25) is 9.59 Å². The summed E-state index contributed by atoms with van der Waals surface area (Å²) in [4.78, 5) is 25.4. The smallest absolute Gasteiger partial charge is 0.306 e. The Kier molecular flexibility index (Phi) is 51.5. The fraction of sp³-hybridized carbons (Fsp3) is 0.695. The van der Waals surface area contributed by atoms with Crippen molar-refractivity contribution >= 4 is 11.9 Å². The van der Waals surface area contributed by atoms with E-state index in [2.05, 4.69) is 118 Å². The molecule has 0 aromatic rings. The maximum Gasteiger partial charge on any atom is 0.306 e. The average Bonchev–Trinajstić information content (AvgIpc) is 3.30. The highest BCUT2D eigenvalue weighted by molar-refractivity contribution is 5.70. The number of allylic oxidation sites excluding steroid dienone is 16. The molecule has 0 saturated carbocycles. The van der Waals surface area contributed by atoms with Gasteiger partial charge >= 0.3 is 11.9 Å². The zero-order chi connectivity index (χ0) is 46.3. The molecule has 0 aliphatic carbocycles. The number of ether oxygens (including phenoxy) is 3. The van der Waals surface area contributed by atoms with Crippen LogP contribution in [-0.2, 0) is 23.8 Å². The minimum atomic E-state index is -0.571. The van der Waals surface area contributed by atoms with Crippen LogP contribution < -0.4 is 0 Å². The Morgan fingerprint density at radius 2 is 0.719 bits per heavy atom. The van der Waals surface area contributed by atoms with Crippen molar-refractivity contribution in [1.82, 2.24) is 0 Å². The van der Waals surface area contributed by atoms with Crippen molar-refractivity contribution in [3.05, 3.63) is 97.2 Å². The molecular weight excluding hydrogens is 789 g/mol. The summed E-state index contributed by atoms with van der Waals surface area (Å²) in [6.07, 6.45) is 72.8. The van der Waals surface area contributed by atoms with E-state index in [1.54, 1.807) is 0 Å². The van der Waals surface area contributed by atoms with Crippen molar-refractivity contribution in [2.75, 3.05) is 19.8 Å².